The van der Waals surface area contributed by atoms with Crippen LogP contribution in [0, 0.1) is 29.3 Å². The molecule has 0 N–H and O–H groups in total. The van der Waals surface area contributed by atoms with Crippen molar-refractivity contribution in [2.45, 2.75) is 0 Å². The summed E-state index contributed by atoms with van der Waals surface area (Å²) in [5.74, 6) is -5.92. The van der Waals surface area contributed by atoms with Crippen LogP contribution in [0.25, 0.3) is 0 Å². The Bertz CT molecular complexity index is 464. The predicted octanol–water partition coefficient (Wildman–Crippen LogP) is 4.85. The van der Waals surface area contributed by atoms with E-state index in [-0.39, 0.29) is 27.8 Å². The molecule has 0 aliphatic rings. The molecule has 0 aliphatic heterocycles. The molecule has 1 radical (unpaired) electrons. The molecule has 5 heteroatoms. The van der Waals surface area contributed by atoms with Crippen molar-refractivity contribution in [3.8, 4) is 0 Å². The summed E-state index contributed by atoms with van der Waals surface area (Å²) >= 11 is 0. The monoisotopic (exact) mass is 327 g/mol. The normalized spacial score (nSPS) is 8.57. The first-order valence-corrected chi connectivity index (χ1v) is 5.67. The van der Waals surface area contributed by atoms with Crippen molar-refractivity contribution in [1.82, 2.24) is 0 Å². The molecule has 3 aromatic rings. The Morgan fingerprint density at radius 3 is 1.19 bits per heavy atom. The summed E-state index contributed by atoms with van der Waals surface area (Å²) in [6.45, 7) is 0. The van der Waals surface area contributed by atoms with E-state index < -0.39 is 23.3 Å². The minimum absolute atomic E-state index is 0. The Kier molecular flexibility index (Phi) is 10.2. The standard InChI is InChI=1S/C6HF4.2C5H5.Ti/c7-3-1-4(8)6(10)2-5(3)9;2*1-2-4-5-3-1;/h1H;2*1-5H;/q3*-1;+3. The van der Waals surface area contributed by atoms with Gasteiger partial charge in [-0.3, -0.25) is 8.78 Å². The van der Waals surface area contributed by atoms with E-state index in [4.69, 9.17) is 0 Å². The minimum Gasteiger partial charge on any atom is -0.281 e. The van der Waals surface area contributed by atoms with Crippen LogP contribution in [0.3, 0.4) is 0 Å². The van der Waals surface area contributed by atoms with Crippen LogP contribution in [0.15, 0.2) is 66.7 Å². The Labute approximate surface area is 135 Å². The summed E-state index contributed by atoms with van der Waals surface area (Å²) in [5.41, 5.74) is 0. The van der Waals surface area contributed by atoms with Gasteiger partial charge in [-0.15, -0.1) is 6.07 Å². The molecule has 3 rings (SSSR count). The van der Waals surface area contributed by atoms with Gasteiger partial charge in [0.15, 0.2) is 0 Å². The van der Waals surface area contributed by atoms with Crippen LogP contribution >= 0.6 is 0 Å². The fraction of sp³-hybridized carbons (Fsp3) is 0. The zero-order valence-corrected chi connectivity index (χ0v) is 12.4. The van der Waals surface area contributed by atoms with Crippen LogP contribution in [0.5, 0.6) is 0 Å². The molecule has 0 amide bonds. The molecular weight excluding hydrogens is 316 g/mol. The van der Waals surface area contributed by atoms with Gasteiger partial charge in [-0.05, 0) is 0 Å². The van der Waals surface area contributed by atoms with Crippen molar-refractivity contribution >= 4 is 0 Å². The third kappa shape index (κ3) is 8.28. The van der Waals surface area contributed by atoms with Gasteiger partial charge in [0.05, 0.1) is 0 Å². The van der Waals surface area contributed by atoms with Gasteiger partial charge in [0, 0.05) is 23.3 Å². The van der Waals surface area contributed by atoms with Gasteiger partial charge in [0.25, 0.3) is 0 Å². The molecule has 0 aliphatic carbocycles. The largest absolute Gasteiger partial charge is 3.00 e. The van der Waals surface area contributed by atoms with Crippen LogP contribution in [0.2, 0.25) is 0 Å². The molecule has 0 fully saturated rings. The fourth-order valence-electron chi connectivity index (χ4n) is 1.10. The van der Waals surface area contributed by atoms with Gasteiger partial charge in [-0.1, -0.05) is 6.07 Å². The van der Waals surface area contributed by atoms with E-state index in [1.807, 2.05) is 60.7 Å². The van der Waals surface area contributed by atoms with Gasteiger partial charge in [-0.25, -0.2) is 33.0 Å². The van der Waals surface area contributed by atoms with Crippen molar-refractivity contribution in [2.24, 2.45) is 0 Å². The fourth-order valence-corrected chi connectivity index (χ4v) is 1.10. The van der Waals surface area contributed by atoms with Gasteiger partial charge >= 0.3 is 21.7 Å². The number of halogens is 4. The van der Waals surface area contributed by atoms with Crippen LogP contribution in [0.1, 0.15) is 0 Å². The molecule has 0 unspecified atom stereocenters. The molecule has 0 nitrogen and oxygen atoms in total. The third-order valence-corrected chi connectivity index (χ3v) is 2.00. The van der Waals surface area contributed by atoms with Crippen molar-refractivity contribution in [2.75, 3.05) is 0 Å². The van der Waals surface area contributed by atoms with E-state index in [2.05, 4.69) is 0 Å². The van der Waals surface area contributed by atoms with Crippen LogP contribution in [-0.4, -0.2) is 0 Å². The van der Waals surface area contributed by atoms with E-state index in [9.17, 15) is 17.6 Å². The number of rotatable bonds is 0. The maximum Gasteiger partial charge on any atom is 3.00 e. The molecule has 0 saturated heterocycles. The van der Waals surface area contributed by atoms with E-state index in [0.29, 0.717) is 0 Å². The van der Waals surface area contributed by atoms with E-state index >= 15 is 0 Å². The molecule has 107 valence electrons. The maximum absolute atomic E-state index is 11.9. The van der Waals surface area contributed by atoms with Crippen molar-refractivity contribution in [3.05, 3.63) is 96.1 Å². The minimum atomic E-state index is -1.51. The second-order valence-corrected chi connectivity index (χ2v) is 3.52. The molecule has 0 saturated carbocycles. The summed E-state index contributed by atoms with van der Waals surface area (Å²) < 4.78 is 47.7. The quantitative estimate of drug-likeness (QED) is 0.240. The molecule has 0 aromatic heterocycles. The Morgan fingerprint density at radius 2 is 1.00 bits per heavy atom. The average molecular weight is 327 g/mol. The van der Waals surface area contributed by atoms with Crippen molar-refractivity contribution in [3.63, 3.8) is 0 Å². The SMILES string of the molecule is Fc1[c-]c(F)c(F)cc1F.[Ti+3].c1cc[cH-]c1.c1cc[cH-]c1. The average Bonchev–Trinajstić information content (AvgIpc) is 3.14. The summed E-state index contributed by atoms with van der Waals surface area (Å²) in [7, 11) is 0. The van der Waals surface area contributed by atoms with Crippen molar-refractivity contribution < 1.29 is 39.3 Å². The summed E-state index contributed by atoms with van der Waals surface area (Å²) in [5, 5.41) is 0. The van der Waals surface area contributed by atoms with Crippen LogP contribution in [0.4, 0.5) is 17.6 Å². The molecule has 0 heterocycles. The predicted molar refractivity (Wildman–Crippen MR) is 69.2 cm³/mol. The molecule has 0 spiro atoms. The molecule has 21 heavy (non-hydrogen) atoms. The van der Waals surface area contributed by atoms with Crippen LogP contribution in [-0.2, 0) is 21.7 Å². The van der Waals surface area contributed by atoms with Gasteiger partial charge < -0.3 is 0 Å². The Hall–Kier alpha value is -1.65. The smallest absolute Gasteiger partial charge is 0.281 e. The third-order valence-electron chi connectivity index (χ3n) is 2.00. The number of benzene rings is 1. The molecule has 0 bridgehead atoms. The van der Waals surface area contributed by atoms with Gasteiger partial charge in [-0.2, -0.15) is 36.4 Å². The zero-order chi connectivity index (χ0) is 14.8. The number of hydrogen-bond acceptors (Lipinski definition) is 0. The summed E-state index contributed by atoms with van der Waals surface area (Å²) in [6.07, 6.45) is 0. The first-order chi connectivity index (χ1) is 9.61. The van der Waals surface area contributed by atoms with Gasteiger partial charge in [0.1, 0.15) is 0 Å². The first kappa shape index (κ1) is 19.4. The topological polar surface area (TPSA) is 0 Å². The summed E-state index contributed by atoms with van der Waals surface area (Å²) in [6, 6.07) is 21.3. The zero-order valence-electron chi connectivity index (χ0n) is 10.9. The van der Waals surface area contributed by atoms with E-state index in [1.54, 1.807) is 0 Å². The van der Waals surface area contributed by atoms with E-state index in [1.165, 1.54) is 6.07 Å². The number of hydrogen-bond donors (Lipinski definition) is 0. The summed E-state index contributed by atoms with van der Waals surface area (Å²) in [4.78, 5) is 0. The molecular formula is C16H11F4Ti. The Balaban J connectivity index is 0.000000307. The van der Waals surface area contributed by atoms with E-state index in [0.717, 1.165) is 0 Å². The molecule has 3 aromatic carbocycles. The Morgan fingerprint density at radius 1 is 0.667 bits per heavy atom. The van der Waals surface area contributed by atoms with Crippen molar-refractivity contribution in [1.29, 1.82) is 0 Å². The maximum atomic E-state index is 11.9. The molecule has 0 atom stereocenters. The second kappa shape index (κ2) is 11.1. The van der Waals surface area contributed by atoms with Crippen LogP contribution < -0.4 is 0 Å². The second-order valence-electron chi connectivity index (χ2n) is 3.52. The first-order valence-electron chi connectivity index (χ1n) is 5.67. The van der Waals surface area contributed by atoms with Gasteiger partial charge in [0.2, 0.25) is 0 Å².